The van der Waals surface area contributed by atoms with E-state index in [4.69, 9.17) is 4.98 Å². The molecule has 1 atom stereocenters. The summed E-state index contributed by atoms with van der Waals surface area (Å²) in [6, 6.07) is 11.7. The first-order valence-electron chi connectivity index (χ1n) is 9.01. The summed E-state index contributed by atoms with van der Waals surface area (Å²) in [4.78, 5) is 23.3. The van der Waals surface area contributed by atoms with Crippen molar-refractivity contribution in [2.45, 2.75) is 13.0 Å². The van der Waals surface area contributed by atoms with Crippen molar-refractivity contribution in [1.82, 2.24) is 24.8 Å². The summed E-state index contributed by atoms with van der Waals surface area (Å²) in [6.07, 6.45) is 4.38. The average Bonchev–Trinajstić information content (AvgIpc) is 3.26. The molecule has 6 nitrogen and oxygen atoms in total. The second-order valence-corrected chi connectivity index (χ2v) is 6.91. The number of carbonyl (C=O) groups is 1. The van der Waals surface area contributed by atoms with E-state index in [0.29, 0.717) is 18.0 Å². The average molecular weight is 349 g/mol. The van der Waals surface area contributed by atoms with E-state index in [2.05, 4.69) is 38.9 Å². The number of aromatic nitrogens is 3. The maximum atomic E-state index is 12.2. The molecule has 0 unspecified atom stereocenters. The number of rotatable bonds is 5. The molecular weight excluding hydrogens is 326 g/mol. The predicted octanol–water partition coefficient (Wildman–Crippen LogP) is 2.22. The Balaban J connectivity index is 1.32. The molecule has 6 heteroatoms. The number of fused-ring (bicyclic) bond motifs is 1. The third kappa shape index (κ3) is 3.46. The van der Waals surface area contributed by atoms with Crippen LogP contribution in [0.1, 0.15) is 22.6 Å². The molecule has 1 aromatic carbocycles. The predicted molar refractivity (Wildman–Crippen MR) is 101 cm³/mol. The number of pyridine rings is 1. The van der Waals surface area contributed by atoms with Crippen molar-refractivity contribution in [3.05, 3.63) is 60.2 Å². The van der Waals surface area contributed by atoms with E-state index in [1.807, 2.05) is 12.1 Å². The van der Waals surface area contributed by atoms with Crippen molar-refractivity contribution >= 4 is 16.9 Å². The minimum atomic E-state index is -0.0267. The maximum absolute atomic E-state index is 12.2. The molecule has 3 heterocycles. The van der Waals surface area contributed by atoms with Crippen LogP contribution in [0.4, 0.5) is 0 Å². The molecule has 1 saturated heterocycles. The molecule has 0 radical (unpaired) electrons. The summed E-state index contributed by atoms with van der Waals surface area (Å²) in [5, 5.41) is 3.04. The highest BCUT2D eigenvalue weighted by atomic mass is 16.1. The first kappa shape index (κ1) is 16.7. The Morgan fingerprint density at radius 3 is 2.85 bits per heavy atom. The fourth-order valence-electron chi connectivity index (χ4n) is 3.60. The molecule has 0 bridgehead atoms. The number of hydrogen-bond donors (Lipinski definition) is 1. The third-order valence-corrected chi connectivity index (χ3v) is 5.11. The summed E-state index contributed by atoms with van der Waals surface area (Å²) in [5.74, 6) is 1.55. The molecule has 134 valence electrons. The molecule has 0 spiro atoms. The standard InChI is InChI=1S/C20H23N5O/c1-24-18-5-3-2-4-17(18)23-19(24)14-25-11-8-15(13-25)12-22-20(26)16-6-9-21-10-7-16/h2-7,9-10,15H,8,11-14H2,1H3,(H,22,26)/t15-/m0/s1. The second kappa shape index (κ2) is 7.25. The highest BCUT2D eigenvalue weighted by Gasteiger charge is 2.24. The van der Waals surface area contributed by atoms with Crippen molar-refractivity contribution in [3.63, 3.8) is 0 Å². The number of benzene rings is 1. The summed E-state index contributed by atoms with van der Waals surface area (Å²) < 4.78 is 2.17. The smallest absolute Gasteiger partial charge is 0.251 e. The van der Waals surface area contributed by atoms with E-state index >= 15 is 0 Å². The summed E-state index contributed by atoms with van der Waals surface area (Å²) in [5.41, 5.74) is 2.88. The van der Waals surface area contributed by atoms with Crippen LogP contribution in [0.25, 0.3) is 11.0 Å². The van der Waals surface area contributed by atoms with Gasteiger partial charge in [0.2, 0.25) is 0 Å². The zero-order valence-electron chi connectivity index (χ0n) is 14.9. The van der Waals surface area contributed by atoms with Gasteiger partial charge in [0.25, 0.3) is 5.91 Å². The molecular formula is C20H23N5O. The maximum Gasteiger partial charge on any atom is 0.251 e. The van der Waals surface area contributed by atoms with Gasteiger partial charge >= 0.3 is 0 Å². The molecule has 3 aromatic rings. The first-order valence-corrected chi connectivity index (χ1v) is 9.01. The lowest BCUT2D eigenvalue weighted by atomic mass is 10.1. The number of imidazole rings is 1. The van der Waals surface area contributed by atoms with Gasteiger partial charge < -0.3 is 9.88 Å². The van der Waals surface area contributed by atoms with Gasteiger partial charge in [0, 0.05) is 38.1 Å². The molecule has 0 saturated carbocycles. The van der Waals surface area contributed by atoms with Gasteiger partial charge in [-0.15, -0.1) is 0 Å². The minimum absolute atomic E-state index is 0.0267. The number of likely N-dealkylation sites (tertiary alicyclic amines) is 1. The van der Waals surface area contributed by atoms with Crippen LogP contribution in [0.2, 0.25) is 0 Å². The Kier molecular flexibility index (Phi) is 4.67. The van der Waals surface area contributed by atoms with Gasteiger partial charge in [-0.05, 0) is 43.1 Å². The molecule has 2 aromatic heterocycles. The Labute approximate surface area is 152 Å². The minimum Gasteiger partial charge on any atom is -0.352 e. The topological polar surface area (TPSA) is 63.0 Å². The first-order chi connectivity index (χ1) is 12.7. The number of carbonyl (C=O) groups excluding carboxylic acids is 1. The Hall–Kier alpha value is -2.73. The number of nitrogens with zero attached hydrogens (tertiary/aromatic N) is 4. The lowest BCUT2D eigenvalue weighted by Gasteiger charge is -2.16. The van der Waals surface area contributed by atoms with Crippen LogP contribution in [-0.4, -0.2) is 45.0 Å². The number of amides is 1. The van der Waals surface area contributed by atoms with Crippen molar-refractivity contribution in [2.24, 2.45) is 13.0 Å². The van der Waals surface area contributed by atoms with E-state index < -0.39 is 0 Å². The van der Waals surface area contributed by atoms with Gasteiger partial charge in [0.15, 0.2) is 0 Å². The van der Waals surface area contributed by atoms with Gasteiger partial charge in [-0.3, -0.25) is 14.7 Å². The fourth-order valence-corrected chi connectivity index (χ4v) is 3.60. The monoisotopic (exact) mass is 349 g/mol. The Bertz CT molecular complexity index is 905. The second-order valence-electron chi connectivity index (χ2n) is 6.91. The van der Waals surface area contributed by atoms with Crippen LogP contribution in [-0.2, 0) is 13.6 Å². The molecule has 1 aliphatic rings. The van der Waals surface area contributed by atoms with Crippen LogP contribution in [0.3, 0.4) is 0 Å². The number of hydrogen-bond acceptors (Lipinski definition) is 4. The molecule has 0 aliphatic carbocycles. The van der Waals surface area contributed by atoms with E-state index in [1.54, 1.807) is 24.5 Å². The zero-order chi connectivity index (χ0) is 17.9. The van der Waals surface area contributed by atoms with Gasteiger partial charge in [-0.25, -0.2) is 4.98 Å². The van der Waals surface area contributed by atoms with Crippen LogP contribution >= 0.6 is 0 Å². The van der Waals surface area contributed by atoms with E-state index in [-0.39, 0.29) is 5.91 Å². The lowest BCUT2D eigenvalue weighted by molar-refractivity contribution is 0.0947. The zero-order valence-corrected chi connectivity index (χ0v) is 14.9. The molecule has 4 rings (SSSR count). The molecule has 1 amide bonds. The van der Waals surface area contributed by atoms with E-state index in [9.17, 15) is 4.79 Å². The van der Waals surface area contributed by atoms with E-state index in [0.717, 1.165) is 37.4 Å². The summed E-state index contributed by atoms with van der Waals surface area (Å²) >= 11 is 0. The van der Waals surface area contributed by atoms with Crippen LogP contribution < -0.4 is 5.32 Å². The molecule has 1 aliphatic heterocycles. The summed E-state index contributed by atoms with van der Waals surface area (Å²) in [7, 11) is 2.08. The SMILES string of the molecule is Cn1c(CN2CC[C@@H](CNC(=O)c3ccncc3)C2)nc2ccccc21. The molecule has 1 N–H and O–H groups in total. The van der Waals surface area contributed by atoms with Crippen LogP contribution in [0.5, 0.6) is 0 Å². The van der Waals surface area contributed by atoms with Crippen molar-refractivity contribution in [3.8, 4) is 0 Å². The Morgan fingerprint density at radius 2 is 2.04 bits per heavy atom. The summed E-state index contributed by atoms with van der Waals surface area (Å²) in [6.45, 7) is 3.58. The van der Waals surface area contributed by atoms with Crippen LogP contribution in [0, 0.1) is 5.92 Å². The quantitative estimate of drug-likeness (QED) is 0.767. The number of nitrogens with one attached hydrogen (secondary N) is 1. The molecule has 1 fully saturated rings. The third-order valence-electron chi connectivity index (χ3n) is 5.11. The number of para-hydroxylation sites is 2. The normalized spacial score (nSPS) is 17.7. The number of aryl methyl sites for hydroxylation is 1. The van der Waals surface area contributed by atoms with Gasteiger partial charge in [-0.1, -0.05) is 12.1 Å². The van der Waals surface area contributed by atoms with Gasteiger partial charge in [-0.2, -0.15) is 0 Å². The van der Waals surface area contributed by atoms with Gasteiger partial charge in [0.05, 0.1) is 17.6 Å². The van der Waals surface area contributed by atoms with Crippen LogP contribution in [0.15, 0.2) is 48.8 Å². The highest BCUT2D eigenvalue weighted by Crippen LogP contribution is 2.20. The Morgan fingerprint density at radius 1 is 1.23 bits per heavy atom. The highest BCUT2D eigenvalue weighted by molar-refractivity contribution is 5.93. The van der Waals surface area contributed by atoms with Crippen molar-refractivity contribution < 1.29 is 4.79 Å². The lowest BCUT2D eigenvalue weighted by Crippen LogP contribution is -2.31. The van der Waals surface area contributed by atoms with Gasteiger partial charge in [0.1, 0.15) is 5.82 Å². The largest absolute Gasteiger partial charge is 0.352 e. The fraction of sp³-hybridized carbons (Fsp3) is 0.350. The van der Waals surface area contributed by atoms with Crippen molar-refractivity contribution in [2.75, 3.05) is 19.6 Å². The van der Waals surface area contributed by atoms with Crippen molar-refractivity contribution in [1.29, 1.82) is 0 Å². The van der Waals surface area contributed by atoms with E-state index in [1.165, 1.54) is 5.52 Å². The molecule has 26 heavy (non-hydrogen) atoms.